The Bertz CT molecular complexity index is 1210. The summed E-state index contributed by atoms with van der Waals surface area (Å²) in [7, 11) is 7.66. The molecule has 4 rings (SSSR count). The third-order valence-corrected chi connectivity index (χ3v) is 5.72. The molecule has 4 aromatic rings. The first kappa shape index (κ1) is 21.9. The number of para-hydroxylation sites is 1. The quantitative estimate of drug-likeness (QED) is 0.366. The highest BCUT2D eigenvalue weighted by molar-refractivity contribution is 5.99. The average Bonchev–Trinajstić information content (AvgIpc) is 3.17. The third-order valence-electron chi connectivity index (χ3n) is 5.72. The third kappa shape index (κ3) is 4.48. The molecule has 0 spiro atoms. The van der Waals surface area contributed by atoms with Crippen LogP contribution in [0.1, 0.15) is 6.92 Å². The largest absolute Gasteiger partial charge is 0.497 e. The second-order valence-electron chi connectivity index (χ2n) is 8.61. The zero-order chi connectivity index (χ0) is 22.7. The van der Waals surface area contributed by atoms with Gasteiger partial charge in [-0.25, -0.2) is 0 Å². The van der Waals surface area contributed by atoms with Crippen molar-refractivity contribution < 1.29 is 9.47 Å². The van der Waals surface area contributed by atoms with Crippen LogP contribution in [0.4, 0.5) is 0 Å². The van der Waals surface area contributed by atoms with Crippen molar-refractivity contribution >= 4 is 10.9 Å². The number of pyridine rings is 1. The molecule has 166 valence electrons. The highest BCUT2D eigenvalue weighted by Crippen LogP contribution is 2.37. The normalized spacial score (nSPS) is 12.3. The molecule has 0 bridgehead atoms. The molecule has 0 aliphatic rings. The second-order valence-corrected chi connectivity index (χ2v) is 8.61. The van der Waals surface area contributed by atoms with E-state index in [0.717, 1.165) is 52.4 Å². The molecule has 1 atom stereocenters. The van der Waals surface area contributed by atoms with E-state index < -0.39 is 0 Å². The van der Waals surface area contributed by atoms with Crippen molar-refractivity contribution in [1.82, 2.24) is 14.5 Å². The van der Waals surface area contributed by atoms with Crippen molar-refractivity contribution in [3.8, 4) is 33.8 Å². The molecule has 0 saturated heterocycles. The molecule has 0 aliphatic heterocycles. The molecule has 2 heterocycles. The van der Waals surface area contributed by atoms with E-state index in [4.69, 9.17) is 9.47 Å². The van der Waals surface area contributed by atoms with Crippen molar-refractivity contribution in [2.75, 3.05) is 34.9 Å². The van der Waals surface area contributed by atoms with E-state index in [9.17, 15) is 0 Å². The fourth-order valence-corrected chi connectivity index (χ4v) is 4.43. The summed E-state index contributed by atoms with van der Waals surface area (Å²) < 4.78 is 13.5. The first-order chi connectivity index (χ1) is 15.5. The summed E-state index contributed by atoms with van der Waals surface area (Å²) in [6, 6.07) is 16.5. The number of hydrogen-bond acceptors (Lipinski definition) is 4. The Morgan fingerprint density at radius 1 is 0.938 bits per heavy atom. The lowest BCUT2D eigenvalue weighted by Gasteiger charge is -2.18. The summed E-state index contributed by atoms with van der Waals surface area (Å²) in [4.78, 5) is 6.80. The van der Waals surface area contributed by atoms with Gasteiger partial charge in [0, 0.05) is 53.8 Å². The number of hydrogen-bond donors (Lipinski definition) is 0. The molecular formula is C27H31N3O2. The van der Waals surface area contributed by atoms with Crippen LogP contribution in [0.5, 0.6) is 11.5 Å². The number of aromatic nitrogens is 2. The van der Waals surface area contributed by atoms with Gasteiger partial charge in [0.05, 0.1) is 19.7 Å². The summed E-state index contributed by atoms with van der Waals surface area (Å²) in [6.45, 7) is 4.22. The van der Waals surface area contributed by atoms with Crippen LogP contribution in [0.2, 0.25) is 0 Å². The number of ether oxygens (including phenoxy) is 2. The maximum absolute atomic E-state index is 5.74. The minimum absolute atomic E-state index is 0.500. The van der Waals surface area contributed by atoms with Crippen LogP contribution in [0, 0.1) is 5.92 Å². The SMILES string of the molecule is COc1cccc(-c2cncc(-c3cn(CC(C)CN(C)C)c4c(OC)cccc34)c2)c1. The highest BCUT2D eigenvalue weighted by atomic mass is 16.5. The Balaban J connectivity index is 1.81. The van der Waals surface area contributed by atoms with E-state index in [1.54, 1.807) is 14.2 Å². The molecule has 2 aromatic carbocycles. The van der Waals surface area contributed by atoms with Crippen LogP contribution in [-0.4, -0.2) is 49.3 Å². The predicted molar refractivity (Wildman–Crippen MR) is 131 cm³/mol. The lowest BCUT2D eigenvalue weighted by Crippen LogP contribution is -2.22. The Labute approximate surface area is 190 Å². The lowest BCUT2D eigenvalue weighted by atomic mass is 10.0. The zero-order valence-corrected chi connectivity index (χ0v) is 19.5. The van der Waals surface area contributed by atoms with Crippen LogP contribution in [0.25, 0.3) is 33.2 Å². The number of nitrogens with zero attached hydrogens (tertiary/aromatic N) is 3. The molecule has 2 aromatic heterocycles. The summed E-state index contributed by atoms with van der Waals surface area (Å²) in [6.07, 6.45) is 6.08. The molecule has 32 heavy (non-hydrogen) atoms. The van der Waals surface area contributed by atoms with Gasteiger partial charge in [0.25, 0.3) is 0 Å². The maximum Gasteiger partial charge on any atom is 0.143 e. The van der Waals surface area contributed by atoms with Gasteiger partial charge in [-0.05, 0) is 49.8 Å². The van der Waals surface area contributed by atoms with Gasteiger partial charge in [-0.1, -0.05) is 31.2 Å². The van der Waals surface area contributed by atoms with Gasteiger partial charge in [0.2, 0.25) is 0 Å². The monoisotopic (exact) mass is 429 g/mol. The van der Waals surface area contributed by atoms with Crippen molar-refractivity contribution in [2.45, 2.75) is 13.5 Å². The molecule has 0 amide bonds. The minimum Gasteiger partial charge on any atom is -0.497 e. The number of rotatable bonds is 8. The molecule has 0 fully saturated rings. The standard InChI is InChI=1S/C27H31N3O2/c1-19(16-29(2)3)17-30-18-25(24-10-7-11-26(32-5)27(24)30)22-12-21(14-28-15-22)20-8-6-9-23(13-20)31-4/h6-15,18-19H,16-17H2,1-5H3. The predicted octanol–water partition coefficient (Wildman–Crippen LogP) is 5.59. The van der Waals surface area contributed by atoms with E-state index in [0.29, 0.717) is 5.92 Å². The fraction of sp³-hybridized carbons (Fsp3) is 0.296. The maximum atomic E-state index is 5.74. The van der Waals surface area contributed by atoms with Crippen LogP contribution in [0.15, 0.2) is 67.1 Å². The van der Waals surface area contributed by atoms with Crippen molar-refractivity contribution in [3.63, 3.8) is 0 Å². The van der Waals surface area contributed by atoms with Crippen LogP contribution in [0.3, 0.4) is 0 Å². The summed E-state index contributed by atoms with van der Waals surface area (Å²) in [5.74, 6) is 2.23. The van der Waals surface area contributed by atoms with E-state index in [1.807, 2.05) is 36.7 Å². The number of fused-ring (bicyclic) bond motifs is 1. The van der Waals surface area contributed by atoms with E-state index >= 15 is 0 Å². The second kappa shape index (κ2) is 9.45. The average molecular weight is 430 g/mol. The Hall–Kier alpha value is -3.31. The fourth-order valence-electron chi connectivity index (χ4n) is 4.43. The first-order valence-corrected chi connectivity index (χ1v) is 10.9. The van der Waals surface area contributed by atoms with Crippen LogP contribution in [-0.2, 0) is 6.54 Å². The molecule has 1 unspecified atom stereocenters. The van der Waals surface area contributed by atoms with Gasteiger partial charge in [0.1, 0.15) is 11.5 Å². The van der Waals surface area contributed by atoms with Gasteiger partial charge in [0.15, 0.2) is 0 Å². The van der Waals surface area contributed by atoms with Gasteiger partial charge in [-0.3, -0.25) is 4.98 Å². The molecule has 0 saturated carbocycles. The van der Waals surface area contributed by atoms with Gasteiger partial charge in [-0.2, -0.15) is 0 Å². The van der Waals surface area contributed by atoms with E-state index in [2.05, 4.69) is 65.9 Å². The van der Waals surface area contributed by atoms with Crippen LogP contribution < -0.4 is 9.47 Å². The smallest absolute Gasteiger partial charge is 0.143 e. The Morgan fingerprint density at radius 3 is 2.47 bits per heavy atom. The zero-order valence-electron chi connectivity index (χ0n) is 19.5. The van der Waals surface area contributed by atoms with Gasteiger partial charge < -0.3 is 18.9 Å². The van der Waals surface area contributed by atoms with Gasteiger partial charge in [-0.15, -0.1) is 0 Å². The van der Waals surface area contributed by atoms with Crippen molar-refractivity contribution in [1.29, 1.82) is 0 Å². The number of benzene rings is 2. The molecule has 5 nitrogen and oxygen atoms in total. The Kier molecular flexibility index (Phi) is 6.47. The molecule has 0 N–H and O–H groups in total. The van der Waals surface area contributed by atoms with Crippen molar-refractivity contribution in [3.05, 3.63) is 67.1 Å². The number of methoxy groups -OCH3 is 2. The lowest BCUT2D eigenvalue weighted by molar-refractivity contribution is 0.317. The molecule has 0 aliphatic carbocycles. The topological polar surface area (TPSA) is 39.5 Å². The Morgan fingerprint density at radius 2 is 1.72 bits per heavy atom. The van der Waals surface area contributed by atoms with E-state index in [1.165, 1.54) is 5.39 Å². The summed E-state index contributed by atoms with van der Waals surface area (Å²) in [5, 5.41) is 1.17. The highest BCUT2D eigenvalue weighted by Gasteiger charge is 2.17. The van der Waals surface area contributed by atoms with Crippen LogP contribution >= 0.6 is 0 Å². The van der Waals surface area contributed by atoms with E-state index in [-0.39, 0.29) is 0 Å². The summed E-state index contributed by atoms with van der Waals surface area (Å²) in [5.41, 5.74) is 5.52. The molecule has 5 heteroatoms. The van der Waals surface area contributed by atoms with Gasteiger partial charge >= 0.3 is 0 Å². The molecule has 0 radical (unpaired) electrons. The minimum atomic E-state index is 0.500. The van der Waals surface area contributed by atoms with Crippen molar-refractivity contribution in [2.24, 2.45) is 5.92 Å². The summed E-state index contributed by atoms with van der Waals surface area (Å²) >= 11 is 0. The molecular weight excluding hydrogens is 398 g/mol. The first-order valence-electron chi connectivity index (χ1n) is 10.9.